The summed E-state index contributed by atoms with van der Waals surface area (Å²) in [4.78, 5) is 0. The number of hydrogen-bond acceptors (Lipinski definition) is 3. The molecule has 0 spiro atoms. The Kier molecular flexibility index (Phi) is 2.11. The fourth-order valence-corrected chi connectivity index (χ4v) is 1.83. The van der Waals surface area contributed by atoms with Crippen LogP contribution in [0.5, 0.6) is 0 Å². The molecule has 1 aromatic carbocycles. The SMILES string of the molecule is Nc1c(-c2ccc(Cl)cc2)nnn1C1CC1. The van der Waals surface area contributed by atoms with E-state index < -0.39 is 0 Å². The maximum atomic E-state index is 6.02. The van der Waals surface area contributed by atoms with Crippen LogP contribution < -0.4 is 5.73 Å². The number of nitrogens with two attached hydrogens (primary N) is 1. The van der Waals surface area contributed by atoms with E-state index in [1.807, 2.05) is 28.9 Å². The van der Waals surface area contributed by atoms with Gasteiger partial charge in [0.1, 0.15) is 5.69 Å². The van der Waals surface area contributed by atoms with Gasteiger partial charge in [-0.1, -0.05) is 28.9 Å². The molecule has 2 N–H and O–H groups in total. The van der Waals surface area contributed by atoms with E-state index in [4.69, 9.17) is 17.3 Å². The molecule has 0 amide bonds. The molecule has 0 radical (unpaired) electrons. The van der Waals surface area contributed by atoms with Crippen LogP contribution in [0.1, 0.15) is 18.9 Å². The zero-order valence-corrected chi connectivity index (χ0v) is 9.35. The van der Waals surface area contributed by atoms with E-state index in [1.54, 1.807) is 0 Å². The molecule has 0 saturated heterocycles. The number of hydrogen-bond donors (Lipinski definition) is 1. The number of rotatable bonds is 2. The Morgan fingerprint density at radius 1 is 1.25 bits per heavy atom. The summed E-state index contributed by atoms with van der Waals surface area (Å²) in [7, 11) is 0. The zero-order valence-electron chi connectivity index (χ0n) is 8.60. The van der Waals surface area contributed by atoms with E-state index in [2.05, 4.69) is 10.3 Å². The van der Waals surface area contributed by atoms with Gasteiger partial charge in [0.2, 0.25) is 0 Å². The van der Waals surface area contributed by atoms with Gasteiger partial charge in [0.25, 0.3) is 0 Å². The van der Waals surface area contributed by atoms with Crippen molar-refractivity contribution in [1.29, 1.82) is 0 Å². The normalized spacial score (nSPS) is 15.3. The highest BCUT2D eigenvalue weighted by atomic mass is 35.5. The summed E-state index contributed by atoms with van der Waals surface area (Å²) in [6.45, 7) is 0. The Balaban J connectivity index is 2.02. The van der Waals surface area contributed by atoms with Crippen molar-refractivity contribution in [2.75, 3.05) is 5.73 Å². The minimum atomic E-state index is 0.452. The van der Waals surface area contributed by atoms with Gasteiger partial charge < -0.3 is 5.73 Å². The first-order valence-electron chi connectivity index (χ1n) is 5.22. The molecule has 0 aliphatic heterocycles. The number of nitrogen functional groups attached to an aromatic ring is 1. The highest BCUT2D eigenvalue weighted by Crippen LogP contribution is 2.37. The van der Waals surface area contributed by atoms with Crippen molar-refractivity contribution in [3.8, 4) is 11.3 Å². The van der Waals surface area contributed by atoms with Crippen LogP contribution in [0.25, 0.3) is 11.3 Å². The van der Waals surface area contributed by atoms with Crippen molar-refractivity contribution >= 4 is 17.4 Å². The first kappa shape index (κ1) is 9.66. The second kappa shape index (κ2) is 3.49. The minimum Gasteiger partial charge on any atom is -0.382 e. The van der Waals surface area contributed by atoms with Gasteiger partial charge in [-0.25, -0.2) is 4.68 Å². The quantitative estimate of drug-likeness (QED) is 0.869. The van der Waals surface area contributed by atoms with Gasteiger partial charge >= 0.3 is 0 Å². The van der Waals surface area contributed by atoms with Crippen molar-refractivity contribution in [3.63, 3.8) is 0 Å². The van der Waals surface area contributed by atoms with Gasteiger partial charge in [0.15, 0.2) is 5.82 Å². The molecule has 1 aliphatic carbocycles. The molecule has 3 rings (SSSR count). The lowest BCUT2D eigenvalue weighted by atomic mass is 10.1. The molecular weight excluding hydrogens is 224 g/mol. The lowest BCUT2D eigenvalue weighted by Gasteiger charge is -2.01. The summed E-state index contributed by atoms with van der Waals surface area (Å²) in [5.74, 6) is 0.643. The Bertz CT molecular complexity index is 513. The molecular formula is C11H11ClN4. The van der Waals surface area contributed by atoms with Gasteiger partial charge in [-0.3, -0.25) is 0 Å². The summed E-state index contributed by atoms with van der Waals surface area (Å²) in [6, 6.07) is 7.91. The standard InChI is InChI=1S/C11H11ClN4/c12-8-3-1-7(2-4-8)10-11(13)16(15-14-10)9-5-6-9/h1-4,9H,5-6,13H2. The van der Waals surface area contributed by atoms with Crippen LogP contribution in [0.15, 0.2) is 24.3 Å². The third kappa shape index (κ3) is 1.55. The molecule has 1 aliphatic rings. The smallest absolute Gasteiger partial charge is 0.150 e. The van der Waals surface area contributed by atoms with Crippen molar-refractivity contribution in [1.82, 2.24) is 15.0 Å². The van der Waals surface area contributed by atoms with E-state index >= 15 is 0 Å². The summed E-state index contributed by atoms with van der Waals surface area (Å²) >= 11 is 5.83. The van der Waals surface area contributed by atoms with E-state index in [1.165, 1.54) is 0 Å². The fraction of sp³-hybridized carbons (Fsp3) is 0.273. The number of benzene rings is 1. The van der Waals surface area contributed by atoms with Gasteiger partial charge in [0.05, 0.1) is 6.04 Å². The lowest BCUT2D eigenvalue weighted by Crippen LogP contribution is -2.02. The van der Waals surface area contributed by atoms with Crippen LogP contribution in [0.3, 0.4) is 0 Å². The van der Waals surface area contributed by atoms with Gasteiger partial charge in [-0.05, 0) is 25.0 Å². The Hall–Kier alpha value is -1.55. The van der Waals surface area contributed by atoms with Crippen LogP contribution >= 0.6 is 11.6 Å². The van der Waals surface area contributed by atoms with E-state index in [9.17, 15) is 0 Å². The van der Waals surface area contributed by atoms with Gasteiger partial charge in [0, 0.05) is 10.6 Å². The maximum Gasteiger partial charge on any atom is 0.150 e. The molecule has 1 saturated carbocycles. The van der Waals surface area contributed by atoms with Crippen LogP contribution in [-0.2, 0) is 0 Å². The molecule has 0 atom stereocenters. The largest absolute Gasteiger partial charge is 0.382 e. The van der Waals surface area contributed by atoms with E-state index in [0.29, 0.717) is 16.9 Å². The zero-order chi connectivity index (χ0) is 11.1. The van der Waals surface area contributed by atoms with Crippen molar-refractivity contribution in [3.05, 3.63) is 29.3 Å². The maximum absolute atomic E-state index is 6.02. The fourth-order valence-electron chi connectivity index (χ4n) is 1.70. The molecule has 0 bridgehead atoms. The van der Waals surface area contributed by atoms with Crippen LogP contribution in [-0.4, -0.2) is 15.0 Å². The molecule has 82 valence electrons. The molecule has 5 heteroatoms. The summed E-state index contributed by atoms with van der Waals surface area (Å²) < 4.78 is 1.81. The third-order valence-corrected chi connectivity index (χ3v) is 2.99. The highest BCUT2D eigenvalue weighted by Gasteiger charge is 2.28. The van der Waals surface area contributed by atoms with Crippen LogP contribution in [0.4, 0.5) is 5.82 Å². The Morgan fingerprint density at radius 2 is 1.94 bits per heavy atom. The average molecular weight is 235 g/mol. The van der Waals surface area contributed by atoms with Crippen LogP contribution in [0.2, 0.25) is 5.02 Å². The van der Waals surface area contributed by atoms with E-state index in [-0.39, 0.29) is 0 Å². The van der Waals surface area contributed by atoms with Crippen molar-refractivity contribution in [2.45, 2.75) is 18.9 Å². The minimum absolute atomic E-state index is 0.452. The second-order valence-electron chi connectivity index (χ2n) is 4.01. The monoisotopic (exact) mass is 234 g/mol. The van der Waals surface area contributed by atoms with Gasteiger partial charge in [-0.15, -0.1) is 5.10 Å². The topological polar surface area (TPSA) is 56.7 Å². The molecule has 2 aromatic rings. The molecule has 0 unspecified atom stereocenters. The number of anilines is 1. The molecule has 1 heterocycles. The van der Waals surface area contributed by atoms with Gasteiger partial charge in [-0.2, -0.15) is 0 Å². The first-order chi connectivity index (χ1) is 7.75. The number of aromatic nitrogens is 3. The molecule has 4 nitrogen and oxygen atoms in total. The number of nitrogens with zero attached hydrogens (tertiary/aromatic N) is 3. The predicted octanol–water partition coefficient (Wildman–Crippen LogP) is 2.52. The number of halogens is 1. The average Bonchev–Trinajstić information content (AvgIpc) is 3.05. The third-order valence-electron chi connectivity index (χ3n) is 2.74. The first-order valence-corrected chi connectivity index (χ1v) is 5.60. The van der Waals surface area contributed by atoms with Crippen molar-refractivity contribution in [2.24, 2.45) is 0 Å². The summed E-state index contributed by atoms with van der Waals surface area (Å²) in [5.41, 5.74) is 7.71. The predicted molar refractivity (Wildman–Crippen MR) is 63.2 cm³/mol. The molecule has 1 fully saturated rings. The summed E-state index contributed by atoms with van der Waals surface area (Å²) in [5, 5.41) is 8.91. The lowest BCUT2D eigenvalue weighted by molar-refractivity contribution is 0.619. The summed E-state index contributed by atoms with van der Waals surface area (Å²) in [6.07, 6.45) is 2.29. The van der Waals surface area contributed by atoms with Crippen LogP contribution in [0, 0.1) is 0 Å². The Morgan fingerprint density at radius 3 is 2.56 bits per heavy atom. The van der Waals surface area contributed by atoms with E-state index in [0.717, 1.165) is 24.1 Å². The molecule has 16 heavy (non-hydrogen) atoms. The Labute approximate surface area is 98.0 Å². The van der Waals surface area contributed by atoms with Crippen molar-refractivity contribution < 1.29 is 0 Å². The second-order valence-corrected chi connectivity index (χ2v) is 4.44. The highest BCUT2D eigenvalue weighted by molar-refractivity contribution is 6.30. The molecule has 1 aromatic heterocycles.